The number of hydrogen-bond donors (Lipinski definition) is 2. The largest absolute Gasteiger partial charge is 0.481 e. The Bertz CT molecular complexity index is 1060. The summed E-state index contributed by atoms with van der Waals surface area (Å²) in [6, 6.07) is 16.2. The van der Waals surface area contributed by atoms with Crippen molar-refractivity contribution in [2.24, 2.45) is 7.05 Å². The lowest BCUT2D eigenvalue weighted by molar-refractivity contribution is -0.138. The summed E-state index contributed by atoms with van der Waals surface area (Å²) in [6.45, 7) is 1.82. The molecule has 7 nitrogen and oxygen atoms in total. The van der Waals surface area contributed by atoms with Crippen molar-refractivity contribution in [2.45, 2.75) is 24.8 Å². The van der Waals surface area contributed by atoms with Gasteiger partial charge in [0, 0.05) is 24.7 Å². The van der Waals surface area contributed by atoms with E-state index in [0.717, 1.165) is 22.3 Å². The standard InChI is InChI=1S/C23H23N3O4/c1-23(11-21(27)28,15-12-24-26(2)13-15)25-22(29)30-14-20-18-9-5-3-7-16(18)17-8-4-6-10-19(17)20/h3-10,12-13,20H,11,14H2,1-2H3,(H,25,29)(H,27,28). The monoisotopic (exact) mass is 405 g/mol. The van der Waals surface area contributed by atoms with Gasteiger partial charge in [0.1, 0.15) is 6.61 Å². The number of aliphatic carboxylic acids is 1. The maximum atomic E-state index is 12.6. The number of carboxylic acids is 1. The minimum absolute atomic E-state index is 0.0627. The Morgan fingerprint density at radius 1 is 1.13 bits per heavy atom. The van der Waals surface area contributed by atoms with Gasteiger partial charge in [-0.15, -0.1) is 0 Å². The van der Waals surface area contributed by atoms with E-state index in [0.29, 0.717) is 5.56 Å². The summed E-state index contributed by atoms with van der Waals surface area (Å²) in [5.74, 6) is -1.09. The number of nitrogens with zero attached hydrogens (tertiary/aromatic N) is 2. The number of aryl methyl sites for hydroxylation is 1. The van der Waals surface area contributed by atoms with Crippen LogP contribution in [0.1, 0.15) is 36.0 Å². The van der Waals surface area contributed by atoms with Gasteiger partial charge in [0.25, 0.3) is 0 Å². The quantitative estimate of drug-likeness (QED) is 0.653. The van der Waals surface area contributed by atoms with E-state index in [1.807, 2.05) is 36.4 Å². The molecule has 0 saturated carbocycles. The molecule has 154 valence electrons. The Morgan fingerprint density at radius 2 is 1.73 bits per heavy atom. The molecule has 0 bridgehead atoms. The average Bonchev–Trinajstić information content (AvgIpc) is 3.28. The minimum atomic E-state index is -1.14. The molecule has 2 aromatic carbocycles. The normalized spacial score (nSPS) is 14.5. The highest BCUT2D eigenvalue weighted by Crippen LogP contribution is 2.44. The van der Waals surface area contributed by atoms with Gasteiger partial charge in [0.2, 0.25) is 0 Å². The zero-order chi connectivity index (χ0) is 21.3. The lowest BCUT2D eigenvalue weighted by atomic mass is 9.91. The molecule has 1 atom stereocenters. The molecule has 1 amide bonds. The summed E-state index contributed by atoms with van der Waals surface area (Å²) in [4.78, 5) is 24.0. The number of carbonyl (C=O) groups excluding carboxylic acids is 1. The molecule has 30 heavy (non-hydrogen) atoms. The molecule has 1 aliphatic rings. The van der Waals surface area contributed by atoms with Crippen LogP contribution in [0.25, 0.3) is 11.1 Å². The number of carboxylic acid groups (broad SMARTS) is 1. The Hall–Kier alpha value is -3.61. The maximum absolute atomic E-state index is 12.6. The number of ether oxygens (including phenoxy) is 1. The third-order valence-corrected chi connectivity index (χ3v) is 5.57. The first kappa shape index (κ1) is 19.7. The lowest BCUT2D eigenvalue weighted by Gasteiger charge is -2.28. The number of aromatic nitrogens is 2. The van der Waals surface area contributed by atoms with Gasteiger partial charge in [-0.2, -0.15) is 5.10 Å². The molecule has 1 aromatic heterocycles. The molecule has 0 aliphatic heterocycles. The molecule has 0 saturated heterocycles. The van der Waals surface area contributed by atoms with Gasteiger partial charge in [0.05, 0.1) is 18.2 Å². The second-order valence-corrected chi connectivity index (χ2v) is 7.76. The fourth-order valence-electron chi connectivity index (χ4n) is 4.09. The number of alkyl carbamates (subject to hydrolysis) is 1. The second-order valence-electron chi connectivity index (χ2n) is 7.76. The van der Waals surface area contributed by atoms with E-state index in [1.54, 1.807) is 31.0 Å². The summed E-state index contributed by atoms with van der Waals surface area (Å²) in [6.07, 6.45) is 2.28. The third-order valence-electron chi connectivity index (χ3n) is 5.57. The molecule has 0 spiro atoms. The summed E-state index contributed by atoms with van der Waals surface area (Å²) in [7, 11) is 1.73. The van der Waals surface area contributed by atoms with Gasteiger partial charge >= 0.3 is 12.1 Å². The molecule has 4 rings (SSSR count). The molecule has 0 fully saturated rings. The first-order chi connectivity index (χ1) is 14.4. The number of carbonyl (C=O) groups is 2. The predicted molar refractivity (Wildman–Crippen MR) is 111 cm³/mol. The van der Waals surface area contributed by atoms with E-state index in [9.17, 15) is 14.7 Å². The van der Waals surface area contributed by atoms with E-state index in [-0.39, 0.29) is 18.9 Å². The van der Waals surface area contributed by atoms with Crippen molar-refractivity contribution < 1.29 is 19.4 Å². The van der Waals surface area contributed by atoms with Crippen LogP contribution in [0.15, 0.2) is 60.9 Å². The summed E-state index contributed by atoms with van der Waals surface area (Å²) in [5, 5.41) is 16.2. The van der Waals surface area contributed by atoms with Crippen LogP contribution in [0.2, 0.25) is 0 Å². The SMILES string of the molecule is Cn1cc(C(C)(CC(=O)O)NC(=O)OCC2c3ccccc3-c3ccccc32)cn1. The van der Waals surface area contributed by atoms with Crippen LogP contribution in [0.4, 0.5) is 4.79 Å². The summed E-state index contributed by atoms with van der Waals surface area (Å²) in [5.41, 5.74) is 3.99. The Kier molecular flexibility index (Phi) is 5.03. The van der Waals surface area contributed by atoms with E-state index in [2.05, 4.69) is 22.5 Å². The van der Waals surface area contributed by atoms with E-state index in [1.165, 1.54) is 0 Å². The van der Waals surface area contributed by atoms with Crippen molar-refractivity contribution in [3.63, 3.8) is 0 Å². The average molecular weight is 405 g/mol. The van der Waals surface area contributed by atoms with Crippen LogP contribution >= 0.6 is 0 Å². The topological polar surface area (TPSA) is 93.5 Å². The zero-order valence-electron chi connectivity index (χ0n) is 16.8. The zero-order valence-corrected chi connectivity index (χ0v) is 16.8. The van der Waals surface area contributed by atoms with Gasteiger partial charge in [0.15, 0.2) is 0 Å². The molecule has 3 aromatic rings. The maximum Gasteiger partial charge on any atom is 0.407 e. The Labute approximate surface area is 174 Å². The van der Waals surface area contributed by atoms with E-state index >= 15 is 0 Å². The summed E-state index contributed by atoms with van der Waals surface area (Å²) < 4.78 is 7.14. The van der Waals surface area contributed by atoms with Gasteiger partial charge < -0.3 is 15.2 Å². The minimum Gasteiger partial charge on any atom is -0.481 e. The van der Waals surface area contributed by atoms with Crippen LogP contribution in [0, 0.1) is 0 Å². The lowest BCUT2D eigenvalue weighted by Crippen LogP contribution is -2.45. The molecule has 1 heterocycles. The van der Waals surface area contributed by atoms with Crippen LogP contribution in [0.5, 0.6) is 0 Å². The number of hydrogen-bond acceptors (Lipinski definition) is 4. The summed E-state index contributed by atoms with van der Waals surface area (Å²) >= 11 is 0. The molecule has 2 N–H and O–H groups in total. The fraction of sp³-hybridized carbons (Fsp3) is 0.261. The van der Waals surface area contributed by atoms with Gasteiger partial charge in [-0.05, 0) is 29.2 Å². The number of fused-ring (bicyclic) bond motifs is 3. The highest BCUT2D eigenvalue weighted by atomic mass is 16.5. The number of amides is 1. The fourth-order valence-corrected chi connectivity index (χ4v) is 4.09. The van der Waals surface area contributed by atoms with Crippen molar-refractivity contribution in [2.75, 3.05) is 6.61 Å². The highest BCUT2D eigenvalue weighted by Gasteiger charge is 2.34. The van der Waals surface area contributed by atoms with Crippen molar-refractivity contribution in [1.82, 2.24) is 15.1 Å². The van der Waals surface area contributed by atoms with Gasteiger partial charge in [-0.3, -0.25) is 9.48 Å². The molecule has 1 aliphatic carbocycles. The van der Waals surface area contributed by atoms with Crippen LogP contribution < -0.4 is 5.32 Å². The first-order valence-electron chi connectivity index (χ1n) is 9.71. The first-order valence-corrected chi connectivity index (χ1v) is 9.71. The Morgan fingerprint density at radius 3 is 2.27 bits per heavy atom. The molecule has 0 radical (unpaired) electrons. The molecule has 7 heteroatoms. The van der Waals surface area contributed by atoms with Crippen molar-refractivity contribution >= 4 is 12.1 Å². The molecule has 1 unspecified atom stereocenters. The number of nitrogens with one attached hydrogen (secondary N) is 1. The van der Waals surface area contributed by atoms with Crippen molar-refractivity contribution in [3.05, 3.63) is 77.6 Å². The smallest absolute Gasteiger partial charge is 0.407 e. The predicted octanol–water partition coefficient (Wildman–Crippen LogP) is 3.65. The number of benzene rings is 2. The van der Waals surface area contributed by atoms with Crippen molar-refractivity contribution in [1.29, 1.82) is 0 Å². The van der Waals surface area contributed by atoms with Gasteiger partial charge in [-0.1, -0.05) is 48.5 Å². The second kappa shape index (κ2) is 7.67. The Balaban J connectivity index is 1.51. The van der Waals surface area contributed by atoms with Crippen LogP contribution in [-0.4, -0.2) is 33.6 Å². The van der Waals surface area contributed by atoms with Crippen LogP contribution in [0.3, 0.4) is 0 Å². The third kappa shape index (κ3) is 3.66. The van der Waals surface area contributed by atoms with E-state index < -0.39 is 17.6 Å². The molecular weight excluding hydrogens is 382 g/mol. The highest BCUT2D eigenvalue weighted by molar-refractivity contribution is 5.79. The molecular formula is C23H23N3O4. The van der Waals surface area contributed by atoms with Crippen LogP contribution in [-0.2, 0) is 22.1 Å². The van der Waals surface area contributed by atoms with E-state index in [4.69, 9.17) is 4.74 Å². The van der Waals surface area contributed by atoms with Crippen molar-refractivity contribution in [3.8, 4) is 11.1 Å². The van der Waals surface area contributed by atoms with Gasteiger partial charge in [-0.25, -0.2) is 4.79 Å². The number of rotatable bonds is 6.